The van der Waals surface area contributed by atoms with Gasteiger partial charge in [0.2, 0.25) is 0 Å². The molecule has 0 aliphatic carbocycles. The molecule has 0 N–H and O–H groups in total. The van der Waals surface area contributed by atoms with Gasteiger partial charge < -0.3 is 4.74 Å². The zero-order valence-electron chi connectivity index (χ0n) is 18.2. The Morgan fingerprint density at radius 2 is 1.71 bits per heavy atom. The number of benzene rings is 3. The molecular weight excluding hydrogens is 386 g/mol. The van der Waals surface area contributed by atoms with Crippen LogP contribution in [0.4, 0.5) is 5.69 Å². The van der Waals surface area contributed by atoms with E-state index in [9.17, 15) is 9.59 Å². The van der Waals surface area contributed by atoms with Gasteiger partial charge in [0.15, 0.2) is 0 Å². The molecule has 3 aromatic rings. The van der Waals surface area contributed by atoms with Crippen molar-refractivity contribution in [3.05, 3.63) is 94.2 Å². The van der Waals surface area contributed by atoms with E-state index in [-0.39, 0.29) is 12.5 Å². The maximum atomic E-state index is 13.6. The molecule has 156 valence electrons. The zero-order chi connectivity index (χ0) is 22.1. The Bertz CT molecular complexity index is 1260. The van der Waals surface area contributed by atoms with E-state index in [1.54, 1.807) is 18.7 Å². The molecule has 0 aromatic heterocycles. The van der Waals surface area contributed by atoms with Crippen LogP contribution in [0.2, 0.25) is 0 Å². The van der Waals surface area contributed by atoms with Crippen LogP contribution in [0.5, 0.6) is 0 Å². The molecule has 31 heavy (non-hydrogen) atoms. The van der Waals surface area contributed by atoms with Gasteiger partial charge in [0.05, 0.1) is 17.8 Å². The number of carbonyl (C=O) groups is 2. The first-order valence-electron chi connectivity index (χ1n) is 10.4. The molecule has 1 aliphatic rings. The molecule has 0 spiro atoms. The third-order valence-corrected chi connectivity index (χ3v) is 5.75. The highest BCUT2D eigenvalue weighted by molar-refractivity contribution is 6.24. The van der Waals surface area contributed by atoms with Crippen LogP contribution in [0.25, 0.3) is 16.8 Å². The number of rotatable bonds is 4. The van der Waals surface area contributed by atoms with Gasteiger partial charge in [0.1, 0.15) is 0 Å². The Balaban J connectivity index is 1.90. The fourth-order valence-corrected chi connectivity index (χ4v) is 3.99. The normalized spacial score (nSPS) is 15.3. The highest BCUT2D eigenvalue weighted by atomic mass is 16.5. The number of aryl methyl sites for hydroxylation is 2. The van der Waals surface area contributed by atoms with Crippen molar-refractivity contribution < 1.29 is 14.3 Å². The number of fused-ring (bicyclic) bond motifs is 1. The van der Waals surface area contributed by atoms with Gasteiger partial charge in [0, 0.05) is 11.4 Å². The molecule has 0 saturated heterocycles. The first-order chi connectivity index (χ1) is 14.9. The number of nitrogens with zero attached hydrogens (tertiary/aromatic N) is 1. The third-order valence-electron chi connectivity index (χ3n) is 5.75. The van der Waals surface area contributed by atoms with Crippen LogP contribution >= 0.6 is 0 Å². The lowest BCUT2D eigenvalue weighted by Crippen LogP contribution is -2.24. The SMILES string of the molecule is CCOC(=O)C1=C(C)N(c2ccc(C)c(C)c2)C(=O)/C1=C\c1cccc2ccccc12. The first kappa shape index (κ1) is 20.6. The minimum atomic E-state index is -0.480. The van der Waals surface area contributed by atoms with Gasteiger partial charge in [0.25, 0.3) is 5.91 Å². The van der Waals surface area contributed by atoms with Gasteiger partial charge in [-0.2, -0.15) is 0 Å². The summed E-state index contributed by atoms with van der Waals surface area (Å²) in [5, 5.41) is 2.10. The highest BCUT2D eigenvalue weighted by Gasteiger charge is 2.38. The van der Waals surface area contributed by atoms with E-state index in [1.165, 1.54) is 0 Å². The Morgan fingerprint density at radius 1 is 0.968 bits per heavy atom. The topological polar surface area (TPSA) is 46.6 Å². The Labute approximate surface area is 182 Å². The maximum absolute atomic E-state index is 13.6. The summed E-state index contributed by atoms with van der Waals surface area (Å²) in [7, 11) is 0. The zero-order valence-corrected chi connectivity index (χ0v) is 18.2. The van der Waals surface area contributed by atoms with E-state index < -0.39 is 5.97 Å². The van der Waals surface area contributed by atoms with Gasteiger partial charge in [-0.15, -0.1) is 0 Å². The Kier molecular flexibility index (Phi) is 5.47. The number of hydrogen-bond donors (Lipinski definition) is 0. The summed E-state index contributed by atoms with van der Waals surface area (Å²) in [5.74, 6) is -0.706. The molecule has 1 amide bonds. The minimum Gasteiger partial charge on any atom is -0.462 e. The number of carbonyl (C=O) groups excluding carboxylic acids is 2. The van der Waals surface area contributed by atoms with E-state index in [2.05, 4.69) is 0 Å². The standard InChI is InChI=1S/C27H25NO3/c1-5-31-27(30)25-19(4)28(22-14-13-17(2)18(3)15-22)26(29)24(25)16-21-11-8-10-20-9-6-7-12-23(20)21/h6-16H,5H2,1-4H3/b24-16-. The van der Waals surface area contributed by atoms with Crippen molar-refractivity contribution >= 4 is 34.4 Å². The molecule has 0 unspecified atom stereocenters. The van der Waals surface area contributed by atoms with Crippen LogP contribution in [0.3, 0.4) is 0 Å². The molecule has 1 heterocycles. The van der Waals surface area contributed by atoms with Crippen molar-refractivity contribution in [3.8, 4) is 0 Å². The Morgan fingerprint density at radius 3 is 2.45 bits per heavy atom. The quantitative estimate of drug-likeness (QED) is 0.407. The van der Waals surface area contributed by atoms with Crippen molar-refractivity contribution in [1.29, 1.82) is 0 Å². The molecule has 0 radical (unpaired) electrons. The van der Waals surface area contributed by atoms with Gasteiger partial charge >= 0.3 is 5.97 Å². The van der Waals surface area contributed by atoms with Crippen LogP contribution in [0, 0.1) is 13.8 Å². The number of ether oxygens (including phenoxy) is 1. The summed E-state index contributed by atoms with van der Waals surface area (Å²) in [6.07, 6.45) is 1.81. The number of hydrogen-bond acceptors (Lipinski definition) is 3. The molecule has 4 nitrogen and oxygen atoms in total. The van der Waals surface area contributed by atoms with Gasteiger partial charge in [-0.1, -0.05) is 48.5 Å². The molecule has 0 saturated carbocycles. The molecule has 4 heteroatoms. The molecule has 0 atom stereocenters. The summed E-state index contributed by atoms with van der Waals surface area (Å²) in [5.41, 5.74) is 5.12. The lowest BCUT2D eigenvalue weighted by molar-refractivity contribution is -0.138. The molecular formula is C27H25NO3. The van der Waals surface area contributed by atoms with Crippen LogP contribution in [-0.4, -0.2) is 18.5 Å². The van der Waals surface area contributed by atoms with E-state index >= 15 is 0 Å². The summed E-state index contributed by atoms with van der Waals surface area (Å²) in [6.45, 7) is 7.85. The first-order valence-corrected chi connectivity index (χ1v) is 10.4. The van der Waals surface area contributed by atoms with Crippen LogP contribution in [-0.2, 0) is 14.3 Å². The highest BCUT2D eigenvalue weighted by Crippen LogP contribution is 2.36. The third kappa shape index (κ3) is 3.66. The second kappa shape index (κ2) is 8.23. The predicted octanol–water partition coefficient (Wildman–Crippen LogP) is 5.72. The number of amides is 1. The number of esters is 1. The predicted molar refractivity (Wildman–Crippen MR) is 125 cm³/mol. The van der Waals surface area contributed by atoms with E-state index in [0.717, 1.165) is 33.2 Å². The van der Waals surface area contributed by atoms with Gasteiger partial charge in [-0.05, 0) is 73.4 Å². The monoisotopic (exact) mass is 411 g/mol. The maximum Gasteiger partial charge on any atom is 0.340 e. The van der Waals surface area contributed by atoms with E-state index in [1.807, 2.05) is 80.6 Å². The fraction of sp³-hybridized carbons (Fsp3) is 0.185. The molecule has 4 rings (SSSR count). The Hall–Kier alpha value is -3.66. The van der Waals surface area contributed by atoms with Crippen molar-refractivity contribution in [2.24, 2.45) is 0 Å². The summed E-state index contributed by atoms with van der Waals surface area (Å²) in [4.78, 5) is 28.1. The molecule has 3 aromatic carbocycles. The van der Waals surface area contributed by atoms with Crippen LogP contribution in [0.15, 0.2) is 77.5 Å². The van der Waals surface area contributed by atoms with Crippen LogP contribution in [0.1, 0.15) is 30.5 Å². The molecule has 0 bridgehead atoms. The molecule has 0 fully saturated rings. The van der Waals surface area contributed by atoms with Crippen molar-refractivity contribution in [3.63, 3.8) is 0 Å². The van der Waals surface area contributed by atoms with E-state index in [0.29, 0.717) is 16.8 Å². The number of allylic oxidation sites excluding steroid dienone is 1. The number of anilines is 1. The fourth-order valence-electron chi connectivity index (χ4n) is 3.99. The van der Waals surface area contributed by atoms with Crippen molar-refractivity contribution in [2.45, 2.75) is 27.7 Å². The van der Waals surface area contributed by atoms with Crippen molar-refractivity contribution in [2.75, 3.05) is 11.5 Å². The summed E-state index contributed by atoms with van der Waals surface area (Å²) >= 11 is 0. The smallest absolute Gasteiger partial charge is 0.340 e. The lowest BCUT2D eigenvalue weighted by Gasteiger charge is -2.19. The van der Waals surface area contributed by atoms with Gasteiger partial charge in [-0.3, -0.25) is 9.69 Å². The second-order valence-electron chi connectivity index (χ2n) is 7.72. The average molecular weight is 412 g/mol. The van der Waals surface area contributed by atoms with Gasteiger partial charge in [-0.25, -0.2) is 4.79 Å². The van der Waals surface area contributed by atoms with E-state index in [4.69, 9.17) is 4.74 Å². The largest absolute Gasteiger partial charge is 0.462 e. The summed E-state index contributed by atoms with van der Waals surface area (Å²) < 4.78 is 5.31. The van der Waals surface area contributed by atoms with Crippen molar-refractivity contribution in [1.82, 2.24) is 0 Å². The second-order valence-corrected chi connectivity index (χ2v) is 7.72. The van der Waals surface area contributed by atoms with Crippen LogP contribution < -0.4 is 4.90 Å². The molecule has 1 aliphatic heterocycles. The lowest BCUT2D eigenvalue weighted by atomic mass is 9.99. The summed E-state index contributed by atoms with van der Waals surface area (Å²) in [6, 6.07) is 19.8. The average Bonchev–Trinajstić information content (AvgIpc) is 3.00. The minimum absolute atomic E-state index is 0.225.